The average molecular weight is 447 g/mol. The highest BCUT2D eigenvalue weighted by Crippen LogP contribution is 2.34. The molecule has 0 saturated heterocycles. The number of ether oxygens (including phenoxy) is 2. The normalized spacial score (nSPS) is 11.7. The Balaban J connectivity index is 2.01. The Hall–Kier alpha value is -2.45. The lowest BCUT2D eigenvalue weighted by molar-refractivity contribution is -0.274. The number of aromatic nitrogens is 2. The van der Waals surface area contributed by atoms with Crippen LogP contribution >= 0.6 is 23.2 Å². The molecular formula is C19H15Cl2F3N2O3. The number of pyridine rings is 1. The molecule has 0 fully saturated rings. The van der Waals surface area contributed by atoms with Crippen molar-refractivity contribution in [2.24, 2.45) is 0 Å². The van der Waals surface area contributed by atoms with Gasteiger partial charge in [-0.15, -0.1) is 13.2 Å². The van der Waals surface area contributed by atoms with Crippen LogP contribution < -0.4 is 4.74 Å². The zero-order chi connectivity index (χ0) is 21.3. The summed E-state index contributed by atoms with van der Waals surface area (Å²) in [7, 11) is 0. The number of H-pyrrole nitrogens is 1. The summed E-state index contributed by atoms with van der Waals surface area (Å²) >= 11 is 12.6. The van der Waals surface area contributed by atoms with E-state index in [-0.39, 0.29) is 34.5 Å². The molecule has 5 nitrogen and oxygen atoms in total. The van der Waals surface area contributed by atoms with E-state index in [2.05, 4.69) is 14.7 Å². The summed E-state index contributed by atoms with van der Waals surface area (Å²) in [6.07, 6.45) is -1.60. The maximum Gasteiger partial charge on any atom is 0.573 e. The fourth-order valence-electron chi connectivity index (χ4n) is 3.06. The summed E-state index contributed by atoms with van der Waals surface area (Å²) in [5.74, 6) is -0.986. The topological polar surface area (TPSA) is 64.2 Å². The lowest BCUT2D eigenvalue weighted by atomic mass is 10.0. The molecule has 0 atom stereocenters. The van der Waals surface area contributed by atoms with Gasteiger partial charge in [-0.2, -0.15) is 0 Å². The van der Waals surface area contributed by atoms with Gasteiger partial charge in [-0.1, -0.05) is 23.2 Å². The number of rotatable bonds is 5. The number of carbonyl (C=O) groups is 1. The molecule has 2 aromatic heterocycles. The van der Waals surface area contributed by atoms with Crippen molar-refractivity contribution >= 4 is 40.1 Å². The van der Waals surface area contributed by atoms with Gasteiger partial charge in [0.2, 0.25) is 0 Å². The van der Waals surface area contributed by atoms with Gasteiger partial charge in [-0.3, -0.25) is 0 Å². The number of nitrogens with zero attached hydrogens (tertiary/aromatic N) is 1. The van der Waals surface area contributed by atoms with Crippen molar-refractivity contribution < 1.29 is 27.4 Å². The molecule has 3 rings (SSSR count). The Morgan fingerprint density at radius 1 is 1.28 bits per heavy atom. The quantitative estimate of drug-likeness (QED) is 0.499. The highest BCUT2D eigenvalue weighted by molar-refractivity contribution is 6.37. The molecule has 0 aliphatic heterocycles. The van der Waals surface area contributed by atoms with Gasteiger partial charge < -0.3 is 14.5 Å². The van der Waals surface area contributed by atoms with E-state index in [0.29, 0.717) is 22.0 Å². The van der Waals surface area contributed by atoms with E-state index in [9.17, 15) is 18.0 Å². The number of carbonyl (C=O) groups excluding carboxylic acids is 1. The van der Waals surface area contributed by atoms with E-state index in [4.69, 9.17) is 27.9 Å². The highest BCUT2D eigenvalue weighted by atomic mass is 35.5. The van der Waals surface area contributed by atoms with E-state index in [0.717, 1.165) is 5.56 Å². The molecular weight excluding hydrogens is 432 g/mol. The minimum Gasteiger partial charge on any atom is -0.461 e. The maximum atomic E-state index is 12.5. The minimum absolute atomic E-state index is 0.0506. The van der Waals surface area contributed by atoms with Crippen LogP contribution in [0.2, 0.25) is 10.0 Å². The van der Waals surface area contributed by atoms with Gasteiger partial charge in [-0.25, -0.2) is 9.78 Å². The van der Waals surface area contributed by atoms with Crippen LogP contribution in [-0.4, -0.2) is 28.9 Å². The third-order valence-corrected chi connectivity index (χ3v) is 4.90. The van der Waals surface area contributed by atoms with Crippen molar-refractivity contribution in [2.75, 3.05) is 6.61 Å². The SMILES string of the molecule is CCOC(=O)c1ncc(Cl)c(Cc2c[nH]c3cc(OC(F)(F)F)cc(C)c23)c1Cl. The molecule has 0 saturated carbocycles. The number of nitrogens with one attached hydrogen (secondary N) is 1. The van der Waals surface area contributed by atoms with E-state index < -0.39 is 12.3 Å². The second kappa shape index (κ2) is 8.12. The summed E-state index contributed by atoms with van der Waals surface area (Å²) in [5.41, 5.74) is 2.18. The van der Waals surface area contributed by atoms with Crippen molar-refractivity contribution in [1.82, 2.24) is 9.97 Å². The van der Waals surface area contributed by atoms with Crippen LogP contribution in [0.4, 0.5) is 13.2 Å². The predicted molar refractivity (Wildman–Crippen MR) is 103 cm³/mol. The largest absolute Gasteiger partial charge is 0.573 e. The average Bonchev–Trinajstić information content (AvgIpc) is 3.00. The summed E-state index contributed by atoms with van der Waals surface area (Å²) in [6.45, 7) is 3.50. The molecule has 0 aliphatic rings. The molecule has 10 heteroatoms. The number of esters is 1. The van der Waals surface area contributed by atoms with E-state index in [1.807, 2.05) is 0 Å². The third kappa shape index (κ3) is 4.59. The molecule has 29 heavy (non-hydrogen) atoms. The first kappa shape index (κ1) is 21.3. The van der Waals surface area contributed by atoms with Gasteiger partial charge in [0, 0.05) is 35.8 Å². The second-order valence-corrected chi connectivity index (χ2v) is 6.95. The Morgan fingerprint density at radius 3 is 2.66 bits per heavy atom. The molecule has 0 radical (unpaired) electrons. The number of aryl methyl sites for hydroxylation is 1. The first-order valence-corrected chi connectivity index (χ1v) is 9.22. The van der Waals surface area contributed by atoms with Crippen LogP contribution in [0.15, 0.2) is 24.5 Å². The van der Waals surface area contributed by atoms with Gasteiger partial charge in [0.1, 0.15) is 5.75 Å². The van der Waals surface area contributed by atoms with Crippen molar-refractivity contribution in [3.05, 3.63) is 57.0 Å². The third-order valence-electron chi connectivity index (χ3n) is 4.17. The number of hydrogen-bond acceptors (Lipinski definition) is 4. The molecule has 0 spiro atoms. The van der Waals surface area contributed by atoms with Gasteiger partial charge in [-0.05, 0) is 36.6 Å². The molecule has 154 valence electrons. The zero-order valence-corrected chi connectivity index (χ0v) is 16.8. The molecule has 0 unspecified atom stereocenters. The van der Waals surface area contributed by atoms with E-state index >= 15 is 0 Å². The summed E-state index contributed by atoms with van der Waals surface area (Å²) in [5, 5.41) is 1.04. The Kier molecular flexibility index (Phi) is 5.95. The lowest BCUT2D eigenvalue weighted by Gasteiger charge is -2.12. The molecule has 0 bridgehead atoms. The van der Waals surface area contributed by atoms with E-state index in [1.165, 1.54) is 18.3 Å². The number of alkyl halides is 3. The monoisotopic (exact) mass is 446 g/mol. The molecule has 0 aliphatic carbocycles. The van der Waals surface area contributed by atoms with Crippen LogP contribution in [0, 0.1) is 6.92 Å². The Bertz CT molecular complexity index is 1080. The molecule has 2 heterocycles. The van der Waals surface area contributed by atoms with Gasteiger partial charge in [0.25, 0.3) is 0 Å². The van der Waals surface area contributed by atoms with Crippen LogP contribution in [0.5, 0.6) is 5.75 Å². The maximum absolute atomic E-state index is 12.5. The Labute approximate surface area is 173 Å². The number of fused-ring (bicyclic) bond motifs is 1. The Morgan fingerprint density at radius 2 is 2.00 bits per heavy atom. The number of benzene rings is 1. The summed E-state index contributed by atoms with van der Waals surface area (Å²) in [4.78, 5) is 18.9. The van der Waals surface area contributed by atoms with Crippen LogP contribution in [0.25, 0.3) is 10.9 Å². The fraction of sp³-hybridized carbons (Fsp3) is 0.263. The first-order valence-electron chi connectivity index (χ1n) is 8.47. The molecule has 1 N–H and O–H groups in total. The zero-order valence-electron chi connectivity index (χ0n) is 15.3. The first-order chi connectivity index (χ1) is 13.6. The molecule has 1 aromatic carbocycles. The smallest absolute Gasteiger partial charge is 0.461 e. The fourth-order valence-corrected chi connectivity index (χ4v) is 3.61. The molecule has 0 amide bonds. The van der Waals surface area contributed by atoms with Gasteiger partial charge >= 0.3 is 12.3 Å². The van der Waals surface area contributed by atoms with Crippen LogP contribution in [0.1, 0.15) is 34.1 Å². The molecule has 3 aromatic rings. The van der Waals surface area contributed by atoms with Crippen molar-refractivity contribution in [2.45, 2.75) is 26.6 Å². The number of hydrogen-bond donors (Lipinski definition) is 1. The standard InChI is InChI=1S/C19H15Cl2F3N2O3/c1-3-28-18(27)17-16(21)12(13(20)8-26-17)5-10-7-25-14-6-11(29-19(22,23)24)4-9(2)15(10)14/h4,6-8,25H,3,5H2,1-2H3. The van der Waals surface area contributed by atoms with Crippen LogP contribution in [0.3, 0.4) is 0 Å². The predicted octanol–water partition coefficient (Wildman–Crippen LogP) is 5.84. The van der Waals surface area contributed by atoms with Crippen molar-refractivity contribution in [3.8, 4) is 5.75 Å². The lowest BCUT2D eigenvalue weighted by Crippen LogP contribution is -2.17. The summed E-state index contributed by atoms with van der Waals surface area (Å²) in [6, 6.07) is 2.56. The summed E-state index contributed by atoms with van der Waals surface area (Å²) < 4.78 is 46.5. The minimum atomic E-state index is -4.78. The van der Waals surface area contributed by atoms with Gasteiger partial charge in [0.05, 0.1) is 16.7 Å². The number of aromatic amines is 1. The van der Waals surface area contributed by atoms with E-state index in [1.54, 1.807) is 20.0 Å². The van der Waals surface area contributed by atoms with Crippen LogP contribution in [-0.2, 0) is 11.2 Å². The van der Waals surface area contributed by atoms with Crippen molar-refractivity contribution in [1.29, 1.82) is 0 Å². The number of halogens is 5. The highest BCUT2D eigenvalue weighted by Gasteiger charge is 2.31. The van der Waals surface area contributed by atoms with Crippen molar-refractivity contribution in [3.63, 3.8) is 0 Å². The van der Waals surface area contributed by atoms with Gasteiger partial charge in [0.15, 0.2) is 5.69 Å². The second-order valence-electron chi connectivity index (χ2n) is 6.17.